The molecule has 16 heavy (non-hydrogen) atoms. The average molecular weight is 222 g/mol. The van der Waals surface area contributed by atoms with Crippen LogP contribution < -0.4 is 5.73 Å². The van der Waals surface area contributed by atoms with Crippen LogP contribution in [0.1, 0.15) is 37.8 Å². The third kappa shape index (κ3) is 2.30. The molecule has 1 aliphatic heterocycles. The van der Waals surface area contributed by atoms with Gasteiger partial charge >= 0.3 is 0 Å². The van der Waals surface area contributed by atoms with Crippen molar-refractivity contribution in [3.8, 4) is 0 Å². The zero-order chi connectivity index (χ0) is 11.7. The number of nitrogens with two attached hydrogens (primary N) is 1. The molecule has 0 aliphatic carbocycles. The van der Waals surface area contributed by atoms with Crippen molar-refractivity contribution in [2.45, 2.75) is 39.3 Å². The Morgan fingerprint density at radius 1 is 1.50 bits per heavy atom. The molecule has 1 aromatic heterocycles. The van der Waals surface area contributed by atoms with Crippen LogP contribution in [0.4, 0.5) is 0 Å². The van der Waals surface area contributed by atoms with Gasteiger partial charge in [0.1, 0.15) is 11.5 Å². The van der Waals surface area contributed by atoms with Crippen LogP contribution in [0.15, 0.2) is 16.5 Å². The third-order valence-electron chi connectivity index (χ3n) is 3.20. The van der Waals surface area contributed by atoms with Gasteiger partial charge in [0.15, 0.2) is 0 Å². The van der Waals surface area contributed by atoms with Crippen LogP contribution in [0, 0.1) is 12.8 Å². The summed E-state index contributed by atoms with van der Waals surface area (Å²) in [5.74, 6) is 2.67. The van der Waals surface area contributed by atoms with E-state index in [0.29, 0.717) is 5.92 Å². The molecule has 2 N–H and O–H groups in total. The summed E-state index contributed by atoms with van der Waals surface area (Å²) in [5, 5.41) is 0. The molecule has 1 aliphatic rings. The SMILES string of the molecule is Cc1ccc(C2C(N)CCN2CC(C)C)o1. The van der Waals surface area contributed by atoms with Crippen molar-refractivity contribution in [3.05, 3.63) is 23.7 Å². The molecular weight excluding hydrogens is 200 g/mol. The summed E-state index contributed by atoms with van der Waals surface area (Å²) in [7, 11) is 0. The fourth-order valence-corrected chi connectivity index (χ4v) is 2.56. The number of hydrogen-bond acceptors (Lipinski definition) is 3. The smallest absolute Gasteiger partial charge is 0.122 e. The Balaban J connectivity index is 2.15. The highest BCUT2D eigenvalue weighted by Gasteiger charge is 2.34. The summed E-state index contributed by atoms with van der Waals surface area (Å²) in [6, 6.07) is 4.58. The van der Waals surface area contributed by atoms with Gasteiger partial charge in [-0.15, -0.1) is 0 Å². The van der Waals surface area contributed by atoms with E-state index in [1.54, 1.807) is 0 Å². The number of nitrogens with zero attached hydrogens (tertiary/aromatic N) is 1. The normalized spacial score (nSPS) is 26.8. The van der Waals surface area contributed by atoms with Crippen LogP contribution in [0.3, 0.4) is 0 Å². The predicted octanol–water partition coefficient (Wildman–Crippen LogP) is 2.32. The second-order valence-electron chi connectivity index (χ2n) is 5.23. The Morgan fingerprint density at radius 3 is 2.81 bits per heavy atom. The number of likely N-dealkylation sites (tertiary alicyclic amines) is 1. The molecule has 2 atom stereocenters. The first-order valence-electron chi connectivity index (χ1n) is 6.14. The topological polar surface area (TPSA) is 42.4 Å². The first-order chi connectivity index (χ1) is 7.58. The molecule has 1 saturated heterocycles. The van der Waals surface area contributed by atoms with Gasteiger partial charge < -0.3 is 10.2 Å². The molecule has 2 heterocycles. The quantitative estimate of drug-likeness (QED) is 0.853. The van der Waals surface area contributed by atoms with Gasteiger partial charge in [0.2, 0.25) is 0 Å². The van der Waals surface area contributed by atoms with E-state index in [2.05, 4.69) is 24.8 Å². The van der Waals surface area contributed by atoms with Crippen LogP contribution in [-0.4, -0.2) is 24.0 Å². The van der Waals surface area contributed by atoms with Gasteiger partial charge in [-0.3, -0.25) is 4.90 Å². The van der Waals surface area contributed by atoms with Crippen molar-refractivity contribution >= 4 is 0 Å². The van der Waals surface area contributed by atoms with Gasteiger partial charge in [-0.25, -0.2) is 0 Å². The monoisotopic (exact) mass is 222 g/mol. The van der Waals surface area contributed by atoms with Gasteiger partial charge in [0.05, 0.1) is 6.04 Å². The van der Waals surface area contributed by atoms with E-state index >= 15 is 0 Å². The Kier molecular flexibility index (Phi) is 3.36. The fraction of sp³-hybridized carbons (Fsp3) is 0.692. The first kappa shape index (κ1) is 11.7. The van der Waals surface area contributed by atoms with Crippen molar-refractivity contribution < 1.29 is 4.42 Å². The molecular formula is C13H22N2O. The van der Waals surface area contributed by atoms with Crippen LogP contribution in [0.25, 0.3) is 0 Å². The van der Waals surface area contributed by atoms with Gasteiger partial charge in [-0.1, -0.05) is 13.8 Å². The van der Waals surface area contributed by atoms with Crippen molar-refractivity contribution in [2.75, 3.05) is 13.1 Å². The van der Waals surface area contributed by atoms with Gasteiger partial charge in [0, 0.05) is 19.1 Å². The molecule has 0 aromatic carbocycles. The van der Waals surface area contributed by atoms with Crippen LogP contribution in [0.5, 0.6) is 0 Å². The summed E-state index contributed by atoms with van der Waals surface area (Å²) in [5.41, 5.74) is 6.18. The summed E-state index contributed by atoms with van der Waals surface area (Å²) >= 11 is 0. The molecule has 0 saturated carbocycles. The second kappa shape index (κ2) is 4.60. The van der Waals surface area contributed by atoms with Gasteiger partial charge in [0.25, 0.3) is 0 Å². The highest BCUT2D eigenvalue weighted by molar-refractivity contribution is 5.14. The fourth-order valence-electron chi connectivity index (χ4n) is 2.56. The molecule has 1 aromatic rings. The number of hydrogen-bond donors (Lipinski definition) is 1. The molecule has 0 amide bonds. The summed E-state index contributed by atoms with van der Waals surface area (Å²) in [4.78, 5) is 2.45. The number of furan rings is 1. The highest BCUT2D eigenvalue weighted by atomic mass is 16.3. The van der Waals surface area contributed by atoms with Crippen LogP contribution >= 0.6 is 0 Å². The lowest BCUT2D eigenvalue weighted by Crippen LogP contribution is -2.33. The molecule has 3 heteroatoms. The van der Waals surface area contributed by atoms with Crippen molar-refractivity contribution in [1.29, 1.82) is 0 Å². The number of aryl methyl sites for hydroxylation is 1. The average Bonchev–Trinajstić information content (AvgIpc) is 2.73. The minimum atomic E-state index is 0.212. The Labute approximate surface area is 97.6 Å². The minimum Gasteiger partial charge on any atom is -0.465 e. The Morgan fingerprint density at radius 2 is 2.25 bits per heavy atom. The molecule has 0 bridgehead atoms. The lowest BCUT2D eigenvalue weighted by Gasteiger charge is -2.26. The van der Waals surface area contributed by atoms with E-state index in [0.717, 1.165) is 31.0 Å². The maximum absolute atomic E-state index is 6.18. The number of rotatable bonds is 3. The Bertz CT molecular complexity index is 345. The second-order valence-corrected chi connectivity index (χ2v) is 5.23. The highest BCUT2D eigenvalue weighted by Crippen LogP contribution is 2.32. The molecule has 0 radical (unpaired) electrons. The molecule has 2 unspecified atom stereocenters. The van der Waals surface area contributed by atoms with Crippen LogP contribution in [-0.2, 0) is 0 Å². The van der Waals surface area contributed by atoms with E-state index in [1.807, 2.05) is 13.0 Å². The third-order valence-corrected chi connectivity index (χ3v) is 3.20. The molecule has 90 valence electrons. The lowest BCUT2D eigenvalue weighted by atomic mass is 10.1. The maximum Gasteiger partial charge on any atom is 0.122 e. The largest absolute Gasteiger partial charge is 0.465 e. The van der Waals surface area contributed by atoms with Crippen molar-refractivity contribution in [2.24, 2.45) is 11.7 Å². The van der Waals surface area contributed by atoms with E-state index < -0.39 is 0 Å². The predicted molar refractivity (Wildman–Crippen MR) is 65.2 cm³/mol. The summed E-state index contributed by atoms with van der Waals surface area (Å²) < 4.78 is 5.73. The van der Waals surface area contributed by atoms with E-state index in [9.17, 15) is 0 Å². The molecule has 0 spiro atoms. The lowest BCUT2D eigenvalue weighted by molar-refractivity contribution is 0.196. The van der Waals surface area contributed by atoms with E-state index in [4.69, 9.17) is 10.2 Å². The van der Waals surface area contributed by atoms with Crippen molar-refractivity contribution in [3.63, 3.8) is 0 Å². The zero-order valence-corrected chi connectivity index (χ0v) is 10.4. The standard InChI is InChI=1S/C13H22N2O/c1-9(2)8-15-7-6-11(14)13(15)12-5-4-10(3)16-12/h4-5,9,11,13H,6-8,14H2,1-3H3. The molecule has 3 nitrogen and oxygen atoms in total. The zero-order valence-electron chi connectivity index (χ0n) is 10.4. The maximum atomic E-state index is 6.18. The summed E-state index contributed by atoms with van der Waals surface area (Å²) in [6.07, 6.45) is 1.07. The Hall–Kier alpha value is -0.800. The first-order valence-corrected chi connectivity index (χ1v) is 6.14. The molecule has 2 rings (SSSR count). The summed E-state index contributed by atoms with van der Waals surface area (Å²) in [6.45, 7) is 8.65. The molecule has 1 fully saturated rings. The van der Waals surface area contributed by atoms with E-state index in [1.165, 1.54) is 0 Å². The van der Waals surface area contributed by atoms with Crippen molar-refractivity contribution in [1.82, 2.24) is 4.90 Å². The van der Waals surface area contributed by atoms with Gasteiger partial charge in [-0.2, -0.15) is 0 Å². The van der Waals surface area contributed by atoms with E-state index in [-0.39, 0.29) is 12.1 Å². The van der Waals surface area contributed by atoms with Gasteiger partial charge in [-0.05, 0) is 31.4 Å². The minimum absolute atomic E-state index is 0.212. The van der Waals surface area contributed by atoms with Crippen LogP contribution in [0.2, 0.25) is 0 Å².